The van der Waals surface area contributed by atoms with Gasteiger partial charge >= 0.3 is 0 Å². The molecule has 0 aliphatic heterocycles. The molecule has 1 atom stereocenters. The zero-order valence-corrected chi connectivity index (χ0v) is 9.75. The van der Waals surface area contributed by atoms with Crippen molar-refractivity contribution in [2.75, 3.05) is 6.61 Å². The molecule has 2 rings (SSSR count). The van der Waals surface area contributed by atoms with Crippen LogP contribution in [0, 0.1) is 0 Å². The summed E-state index contributed by atoms with van der Waals surface area (Å²) in [6.07, 6.45) is -1.57. The number of ketones is 1. The molecule has 0 aliphatic rings. The lowest BCUT2D eigenvalue weighted by molar-refractivity contribution is -0.0323. The van der Waals surface area contributed by atoms with Crippen molar-refractivity contribution in [3.63, 3.8) is 0 Å². The van der Waals surface area contributed by atoms with Crippen LogP contribution >= 0.6 is 0 Å². The van der Waals surface area contributed by atoms with Crippen LogP contribution in [-0.4, -0.2) is 12.4 Å². The summed E-state index contributed by atoms with van der Waals surface area (Å²) in [5, 5.41) is 0. The Morgan fingerprint density at radius 2 is 1.56 bits per heavy atom. The summed E-state index contributed by atoms with van der Waals surface area (Å²) in [4.78, 5) is 11.7. The van der Waals surface area contributed by atoms with E-state index in [1.807, 2.05) is 6.07 Å². The van der Waals surface area contributed by atoms with E-state index < -0.39 is 6.36 Å². The van der Waals surface area contributed by atoms with E-state index >= 15 is 0 Å². The number of alkyl halides is 1. The fourth-order valence-corrected chi connectivity index (χ4v) is 1.56. The van der Waals surface area contributed by atoms with Gasteiger partial charge in [0, 0.05) is 11.1 Å². The molecule has 2 aromatic carbocycles. The van der Waals surface area contributed by atoms with Gasteiger partial charge in [-0.3, -0.25) is 4.79 Å². The van der Waals surface area contributed by atoms with Crippen molar-refractivity contribution in [3.05, 3.63) is 71.8 Å². The summed E-state index contributed by atoms with van der Waals surface area (Å²) in [6.45, 7) is -0.264. The molecule has 1 unspecified atom stereocenters. The van der Waals surface area contributed by atoms with Gasteiger partial charge < -0.3 is 4.74 Å². The molecule has 92 valence electrons. The number of ether oxygens (including phenoxy) is 1. The largest absolute Gasteiger partial charge is 0.336 e. The van der Waals surface area contributed by atoms with Crippen LogP contribution in [0.15, 0.2) is 60.7 Å². The Morgan fingerprint density at radius 3 is 2.17 bits per heavy atom. The molecule has 0 radical (unpaired) electrons. The first-order valence-corrected chi connectivity index (χ1v) is 5.66. The van der Waals surface area contributed by atoms with Crippen molar-refractivity contribution in [2.24, 2.45) is 0 Å². The van der Waals surface area contributed by atoms with Crippen LogP contribution in [0.2, 0.25) is 0 Å². The maximum absolute atomic E-state index is 13.6. The molecule has 0 fully saturated rings. The highest BCUT2D eigenvalue weighted by Gasteiger charge is 2.12. The summed E-state index contributed by atoms with van der Waals surface area (Å²) in [5.74, 6) is -0.228. The van der Waals surface area contributed by atoms with Crippen LogP contribution in [0.4, 0.5) is 4.39 Å². The number of carbonyl (C=O) groups excluding carboxylic acids is 1. The summed E-state index contributed by atoms with van der Waals surface area (Å²) in [6, 6.07) is 17.2. The quantitative estimate of drug-likeness (QED) is 0.752. The van der Waals surface area contributed by atoms with E-state index in [-0.39, 0.29) is 12.4 Å². The lowest BCUT2D eigenvalue weighted by atomic mass is 10.1. The van der Waals surface area contributed by atoms with Gasteiger partial charge in [-0.15, -0.1) is 0 Å². The summed E-state index contributed by atoms with van der Waals surface area (Å²) in [5.41, 5.74) is 0.941. The minimum Gasteiger partial charge on any atom is -0.336 e. The van der Waals surface area contributed by atoms with Gasteiger partial charge in [-0.05, 0) is 0 Å². The van der Waals surface area contributed by atoms with Gasteiger partial charge in [0.1, 0.15) is 6.61 Å². The molecule has 0 spiro atoms. The zero-order chi connectivity index (χ0) is 12.8. The number of rotatable bonds is 5. The van der Waals surface area contributed by atoms with Crippen LogP contribution < -0.4 is 0 Å². The number of carbonyl (C=O) groups is 1. The van der Waals surface area contributed by atoms with Gasteiger partial charge in [0.2, 0.25) is 6.36 Å². The van der Waals surface area contributed by atoms with E-state index in [2.05, 4.69) is 0 Å². The minimum atomic E-state index is -1.57. The molecule has 2 aromatic rings. The second-order valence-electron chi connectivity index (χ2n) is 3.83. The number of halogens is 1. The highest BCUT2D eigenvalue weighted by atomic mass is 19.1. The Hall–Kier alpha value is -2.00. The van der Waals surface area contributed by atoms with Crippen molar-refractivity contribution in [1.82, 2.24) is 0 Å². The highest BCUT2D eigenvalue weighted by molar-refractivity contribution is 5.96. The Labute approximate surface area is 105 Å². The highest BCUT2D eigenvalue weighted by Crippen LogP contribution is 2.18. The molecule has 3 heteroatoms. The molecule has 0 heterocycles. The Balaban J connectivity index is 1.91. The maximum atomic E-state index is 13.6. The van der Waals surface area contributed by atoms with Crippen molar-refractivity contribution < 1.29 is 13.9 Å². The van der Waals surface area contributed by atoms with Crippen molar-refractivity contribution in [3.8, 4) is 0 Å². The van der Waals surface area contributed by atoms with E-state index in [9.17, 15) is 9.18 Å². The maximum Gasteiger partial charge on any atom is 0.225 e. The Morgan fingerprint density at radius 1 is 1.00 bits per heavy atom. The third-order valence-corrected chi connectivity index (χ3v) is 2.52. The standard InChI is InChI=1S/C15H13FO2/c16-15(13-9-5-2-6-10-13)18-11-14(17)12-7-3-1-4-8-12/h1-10,15H,11H2. The molecule has 0 saturated heterocycles. The lowest BCUT2D eigenvalue weighted by Crippen LogP contribution is -2.10. The molecule has 0 aliphatic carbocycles. The number of hydrogen-bond acceptors (Lipinski definition) is 2. The van der Waals surface area contributed by atoms with Crippen LogP contribution in [0.25, 0.3) is 0 Å². The fraction of sp³-hybridized carbons (Fsp3) is 0.133. The van der Waals surface area contributed by atoms with Crippen molar-refractivity contribution in [2.45, 2.75) is 6.36 Å². The first-order valence-electron chi connectivity index (χ1n) is 5.66. The number of hydrogen-bond donors (Lipinski definition) is 0. The minimum absolute atomic E-state index is 0.228. The van der Waals surface area contributed by atoms with Crippen molar-refractivity contribution >= 4 is 5.78 Å². The Bertz CT molecular complexity index is 496. The molecule has 0 saturated carbocycles. The van der Waals surface area contributed by atoms with Gasteiger partial charge in [-0.2, -0.15) is 0 Å². The predicted octanol–water partition coefficient (Wildman–Crippen LogP) is 3.55. The fourth-order valence-electron chi connectivity index (χ4n) is 1.56. The zero-order valence-electron chi connectivity index (χ0n) is 9.75. The van der Waals surface area contributed by atoms with Crippen molar-refractivity contribution in [1.29, 1.82) is 0 Å². The molecule has 0 bridgehead atoms. The molecule has 2 nitrogen and oxygen atoms in total. The SMILES string of the molecule is O=C(COC(F)c1ccccc1)c1ccccc1. The van der Waals surface area contributed by atoms with E-state index in [1.54, 1.807) is 54.6 Å². The third kappa shape index (κ3) is 3.25. The van der Waals surface area contributed by atoms with Gasteiger partial charge in [-0.25, -0.2) is 4.39 Å². The third-order valence-electron chi connectivity index (χ3n) is 2.52. The monoisotopic (exact) mass is 244 g/mol. The van der Waals surface area contributed by atoms with Gasteiger partial charge in [-0.1, -0.05) is 60.7 Å². The summed E-state index contributed by atoms with van der Waals surface area (Å²) >= 11 is 0. The predicted molar refractivity (Wildman–Crippen MR) is 67.0 cm³/mol. The van der Waals surface area contributed by atoms with Gasteiger partial charge in [0.05, 0.1) is 0 Å². The molecule has 18 heavy (non-hydrogen) atoms. The van der Waals surface area contributed by atoms with E-state index in [1.165, 1.54) is 0 Å². The molecule has 0 amide bonds. The van der Waals surface area contributed by atoms with Crippen LogP contribution in [0.5, 0.6) is 0 Å². The molecular weight excluding hydrogens is 231 g/mol. The van der Waals surface area contributed by atoms with Crippen LogP contribution in [0.3, 0.4) is 0 Å². The average Bonchev–Trinajstić information content (AvgIpc) is 2.46. The molecule has 0 aromatic heterocycles. The van der Waals surface area contributed by atoms with E-state index in [0.717, 1.165) is 0 Å². The Kier molecular flexibility index (Phi) is 4.20. The number of Topliss-reactive ketones (excluding diaryl/α,β-unsaturated/α-hetero) is 1. The van der Waals surface area contributed by atoms with Gasteiger partial charge in [0.25, 0.3) is 0 Å². The first-order chi connectivity index (χ1) is 8.77. The number of benzene rings is 2. The van der Waals surface area contributed by atoms with Crippen LogP contribution in [-0.2, 0) is 4.74 Å². The normalized spacial score (nSPS) is 12.1. The second-order valence-corrected chi connectivity index (χ2v) is 3.83. The first kappa shape index (κ1) is 12.5. The topological polar surface area (TPSA) is 26.3 Å². The smallest absolute Gasteiger partial charge is 0.225 e. The average molecular weight is 244 g/mol. The van der Waals surface area contributed by atoms with Gasteiger partial charge in [0.15, 0.2) is 5.78 Å². The second kappa shape index (κ2) is 6.07. The van der Waals surface area contributed by atoms with E-state index in [0.29, 0.717) is 11.1 Å². The molecular formula is C15H13FO2. The summed E-state index contributed by atoms with van der Waals surface area (Å²) in [7, 11) is 0. The lowest BCUT2D eigenvalue weighted by Gasteiger charge is -2.09. The van der Waals surface area contributed by atoms with E-state index in [4.69, 9.17) is 4.74 Å². The summed E-state index contributed by atoms with van der Waals surface area (Å²) < 4.78 is 18.6. The van der Waals surface area contributed by atoms with Crippen LogP contribution in [0.1, 0.15) is 22.3 Å². The molecule has 0 N–H and O–H groups in total.